The van der Waals surface area contributed by atoms with Gasteiger partial charge in [0.2, 0.25) is 17.8 Å². The number of aromatic nitrogens is 3. The third-order valence-corrected chi connectivity index (χ3v) is 6.32. The number of carbonyl (C=O) groups excluding carboxylic acids is 1. The van der Waals surface area contributed by atoms with E-state index in [0.29, 0.717) is 87.5 Å². The number of hydrogen-bond donors (Lipinski definition) is 4. The first-order chi connectivity index (χ1) is 21.7. The van der Waals surface area contributed by atoms with Gasteiger partial charge in [0.1, 0.15) is 0 Å². The maximum Gasteiger partial charge on any atom is 0.251 e. The highest BCUT2D eigenvalue weighted by molar-refractivity contribution is 5.94. The Kier molecular flexibility index (Phi) is 13.0. The van der Waals surface area contributed by atoms with Crippen LogP contribution in [0, 0.1) is 0 Å². The SMILES string of the molecule is COc1cccc(CNc2nc(NCCOCCOCCNC(=O)c3ccccc3)nc(NCc3ccccc3)n2)c1OC. The fraction of sp³-hybridized carbons (Fsp3) is 0.312. The van der Waals surface area contributed by atoms with E-state index in [1.807, 2.05) is 66.7 Å². The van der Waals surface area contributed by atoms with E-state index in [0.717, 1.165) is 11.1 Å². The van der Waals surface area contributed by atoms with Crippen molar-refractivity contribution in [2.75, 3.05) is 69.7 Å². The molecule has 0 radical (unpaired) electrons. The zero-order valence-corrected chi connectivity index (χ0v) is 25.0. The zero-order valence-electron chi connectivity index (χ0n) is 25.0. The van der Waals surface area contributed by atoms with E-state index < -0.39 is 0 Å². The van der Waals surface area contributed by atoms with Crippen LogP contribution in [0.1, 0.15) is 21.5 Å². The summed E-state index contributed by atoms with van der Waals surface area (Å²) in [4.78, 5) is 25.6. The van der Waals surface area contributed by atoms with Crippen LogP contribution in [-0.4, -0.2) is 74.6 Å². The van der Waals surface area contributed by atoms with E-state index in [1.54, 1.807) is 26.4 Å². The number of rotatable bonds is 19. The molecule has 0 aliphatic carbocycles. The zero-order chi connectivity index (χ0) is 30.8. The molecule has 0 spiro atoms. The molecular weight excluding hydrogens is 562 g/mol. The first-order valence-electron chi connectivity index (χ1n) is 14.4. The number of nitrogens with zero attached hydrogens (tertiary/aromatic N) is 3. The highest BCUT2D eigenvalue weighted by atomic mass is 16.5. The molecule has 0 fully saturated rings. The first kappa shape index (κ1) is 32.0. The summed E-state index contributed by atoms with van der Waals surface area (Å²) in [6.07, 6.45) is 0. The molecule has 232 valence electrons. The van der Waals surface area contributed by atoms with Gasteiger partial charge in [-0.25, -0.2) is 0 Å². The standard InChI is InChI=1S/C32H39N7O5/c1-41-27-15-9-14-26(28(27)42-2)23-36-32-38-30(37-31(39-32)35-22-24-10-5-3-6-11-24)34-17-19-44-21-20-43-18-16-33-29(40)25-12-7-4-8-13-25/h3-15H,16-23H2,1-2H3,(H,33,40)(H3,34,35,36,37,38,39). The minimum atomic E-state index is -0.119. The molecule has 0 saturated carbocycles. The Hall–Kier alpha value is -4.94. The lowest BCUT2D eigenvalue weighted by Gasteiger charge is -2.14. The van der Waals surface area contributed by atoms with Crippen molar-refractivity contribution < 1.29 is 23.7 Å². The number of para-hydroxylation sites is 1. The third kappa shape index (κ3) is 10.4. The van der Waals surface area contributed by atoms with Gasteiger partial charge in [-0.05, 0) is 23.8 Å². The molecule has 0 aliphatic heterocycles. The summed E-state index contributed by atoms with van der Waals surface area (Å²) >= 11 is 0. The molecule has 4 rings (SSSR count). The summed E-state index contributed by atoms with van der Waals surface area (Å²) in [7, 11) is 3.22. The van der Waals surface area contributed by atoms with Gasteiger partial charge in [0.25, 0.3) is 5.91 Å². The number of methoxy groups -OCH3 is 2. The number of anilines is 3. The molecule has 44 heavy (non-hydrogen) atoms. The molecule has 1 aromatic heterocycles. The summed E-state index contributed by atoms with van der Waals surface area (Å²) in [6.45, 7) is 3.56. The molecule has 1 heterocycles. The molecule has 4 aromatic rings. The van der Waals surface area contributed by atoms with E-state index in [9.17, 15) is 4.79 Å². The van der Waals surface area contributed by atoms with Gasteiger partial charge in [0, 0.05) is 37.3 Å². The number of hydrogen-bond acceptors (Lipinski definition) is 11. The Morgan fingerprint density at radius 3 is 1.91 bits per heavy atom. The second kappa shape index (κ2) is 17.9. The normalized spacial score (nSPS) is 10.6. The van der Waals surface area contributed by atoms with Gasteiger partial charge >= 0.3 is 0 Å². The molecular formula is C32H39N7O5. The highest BCUT2D eigenvalue weighted by Gasteiger charge is 2.12. The molecule has 0 aliphatic rings. The quantitative estimate of drug-likeness (QED) is 0.116. The van der Waals surface area contributed by atoms with Crippen LogP contribution in [0.25, 0.3) is 0 Å². The number of nitrogens with one attached hydrogen (secondary N) is 4. The summed E-state index contributed by atoms with van der Waals surface area (Å²) in [5.74, 6) is 2.42. The van der Waals surface area contributed by atoms with Gasteiger partial charge < -0.3 is 40.2 Å². The van der Waals surface area contributed by atoms with Crippen molar-refractivity contribution >= 4 is 23.8 Å². The molecule has 4 N–H and O–H groups in total. The van der Waals surface area contributed by atoms with Crippen molar-refractivity contribution in [3.05, 3.63) is 95.6 Å². The van der Waals surface area contributed by atoms with E-state index in [4.69, 9.17) is 18.9 Å². The lowest BCUT2D eigenvalue weighted by molar-refractivity contribution is 0.0519. The van der Waals surface area contributed by atoms with Crippen molar-refractivity contribution in [1.29, 1.82) is 0 Å². The van der Waals surface area contributed by atoms with Gasteiger partial charge in [0.05, 0.1) is 40.6 Å². The van der Waals surface area contributed by atoms with Crippen molar-refractivity contribution in [3.8, 4) is 11.5 Å². The lowest BCUT2D eigenvalue weighted by atomic mass is 10.2. The molecule has 12 heteroatoms. The van der Waals surface area contributed by atoms with Crippen LogP contribution in [0.4, 0.5) is 17.8 Å². The van der Waals surface area contributed by atoms with Crippen LogP contribution in [0.15, 0.2) is 78.9 Å². The Labute approximate surface area is 257 Å². The average molecular weight is 602 g/mol. The van der Waals surface area contributed by atoms with Crippen molar-refractivity contribution in [3.63, 3.8) is 0 Å². The smallest absolute Gasteiger partial charge is 0.251 e. The Balaban J connectivity index is 1.23. The van der Waals surface area contributed by atoms with Gasteiger partial charge in [-0.3, -0.25) is 4.79 Å². The van der Waals surface area contributed by atoms with E-state index >= 15 is 0 Å². The van der Waals surface area contributed by atoms with Crippen LogP contribution in [0.2, 0.25) is 0 Å². The maximum absolute atomic E-state index is 12.0. The van der Waals surface area contributed by atoms with Gasteiger partial charge in [0.15, 0.2) is 11.5 Å². The molecule has 0 unspecified atom stereocenters. The maximum atomic E-state index is 12.0. The summed E-state index contributed by atoms with van der Waals surface area (Å²) < 4.78 is 22.2. The first-order valence-corrected chi connectivity index (χ1v) is 14.4. The molecule has 0 bridgehead atoms. The number of amides is 1. The molecule has 1 amide bonds. The monoisotopic (exact) mass is 601 g/mol. The Morgan fingerprint density at radius 1 is 0.636 bits per heavy atom. The summed E-state index contributed by atoms with van der Waals surface area (Å²) in [6, 6.07) is 24.8. The molecule has 0 saturated heterocycles. The summed E-state index contributed by atoms with van der Waals surface area (Å²) in [5, 5.41) is 12.6. The predicted molar refractivity (Wildman–Crippen MR) is 169 cm³/mol. The molecule has 3 aromatic carbocycles. The Bertz CT molecular complexity index is 1430. The largest absolute Gasteiger partial charge is 0.493 e. The topological polar surface area (TPSA) is 141 Å². The molecule has 12 nitrogen and oxygen atoms in total. The van der Waals surface area contributed by atoms with Crippen molar-refractivity contribution in [2.45, 2.75) is 13.1 Å². The van der Waals surface area contributed by atoms with Crippen LogP contribution in [0.5, 0.6) is 11.5 Å². The third-order valence-electron chi connectivity index (χ3n) is 6.32. The summed E-state index contributed by atoms with van der Waals surface area (Å²) in [5.41, 5.74) is 2.63. The van der Waals surface area contributed by atoms with E-state index in [-0.39, 0.29) is 5.91 Å². The number of ether oxygens (including phenoxy) is 4. The second-order valence-electron chi connectivity index (χ2n) is 9.43. The van der Waals surface area contributed by atoms with Gasteiger partial charge in [-0.2, -0.15) is 15.0 Å². The fourth-order valence-electron chi connectivity index (χ4n) is 4.14. The minimum absolute atomic E-state index is 0.119. The van der Waals surface area contributed by atoms with Crippen molar-refractivity contribution in [2.24, 2.45) is 0 Å². The van der Waals surface area contributed by atoms with Crippen LogP contribution in [-0.2, 0) is 22.6 Å². The van der Waals surface area contributed by atoms with Gasteiger partial charge in [-0.1, -0.05) is 60.7 Å². The van der Waals surface area contributed by atoms with E-state index in [2.05, 4.69) is 36.2 Å². The highest BCUT2D eigenvalue weighted by Crippen LogP contribution is 2.31. The second-order valence-corrected chi connectivity index (χ2v) is 9.43. The lowest BCUT2D eigenvalue weighted by Crippen LogP contribution is -2.27. The Morgan fingerprint density at radius 2 is 1.25 bits per heavy atom. The van der Waals surface area contributed by atoms with Crippen LogP contribution < -0.4 is 30.7 Å². The number of benzene rings is 3. The predicted octanol–water partition coefficient (Wildman–Crippen LogP) is 3.99. The average Bonchev–Trinajstić information content (AvgIpc) is 3.07. The minimum Gasteiger partial charge on any atom is -0.493 e. The van der Waals surface area contributed by atoms with Crippen LogP contribution >= 0.6 is 0 Å². The number of carbonyl (C=O) groups is 1. The molecule has 0 atom stereocenters. The van der Waals surface area contributed by atoms with Crippen molar-refractivity contribution in [1.82, 2.24) is 20.3 Å². The van der Waals surface area contributed by atoms with E-state index in [1.165, 1.54) is 0 Å². The van der Waals surface area contributed by atoms with Gasteiger partial charge in [-0.15, -0.1) is 0 Å². The fourth-order valence-corrected chi connectivity index (χ4v) is 4.14. The van der Waals surface area contributed by atoms with Crippen LogP contribution in [0.3, 0.4) is 0 Å².